The minimum atomic E-state index is -4.34. The fourth-order valence-electron chi connectivity index (χ4n) is 1.57. The largest absolute Gasteiger partial charge is 0.416 e. The fraction of sp³-hybridized carbons (Fsp3) is 0.167. The van der Waals surface area contributed by atoms with E-state index in [1.165, 1.54) is 17.4 Å². The molecule has 1 heterocycles. The lowest BCUT2D eigenvalue weighted by Gasteiger charge is -2.13. The molecule has 2 N–H and O–H groups in total. The van der Waals surface area contributed by atoms with Crippen molar-refractivity contribution in [2.75, 3.05) is 0 Å². The summed E-state index contributed by atoms with van der Waals surface area (Å²) in [7, 11) is 0. The van der Waals surface area contributed by atoms with Crippen LogP contribution in [0.25, 0.3) is 0 Å². The number of alkyl halides is 3. The lowest BCUT2D eigenvalue weighted by molar-refractivity contribution is -0.137. The summed E-state index contributed by atoms with van der Waals surface area (Å²) in [5.41, 5.74) is 5.75. The molecule has 18 heavy (non-hydrogen) atoms. The van der Waals surface area contributed by atoms with Gasteiger partial charge in [-0.2, -0.15) is 13.2 Å². The lowest BCUT2D eigenvalue weighted by Crippen LogP contribution is -2.12. The molecule has 0 aliphatic rings. The molecule has 0 amide bonds. The number of thiophene rings is 1. The summed E-state index contributed by atoms with van der Waals surface area (Å²) in [5.74, 6) is 0. The Labute approximate surface area is 115 Å². The van der Waals surface area contributed by atoms with Crippen molar-refractivity contribution in [3.63, 3.8) is 0 Å². The minimum absolute atomic E-state index is 0.458. The fourth-order valence-corrected chi connectivity index (χ4v) is 3.02. The normalized spacial score (nSPS) is 13.6. The highest BCUT2D eigenvalue weighted by Crippen LogP contribution is 2.33. The maximum Gasteiger partial charge on any atom is 0.416 e. The molecule has 2 aromatic rings. The van der Waals surface area contributed by atoms with Gasteiger partial charge in [0.15, 0.2) is 0 Å². The van der Waals surface area contributed by atoms with Crippen LogP contribution in [0.15, 0.2) is 40.2 Å². The first-order chi connectivity index (χ1) is 8.38. The second-order valence-corrected chi connectivity index (χ2v) is 6.24. The van der Waals surface area contributed by atoms with Gasteiger partial charge in [-0.25, -0.2) is 0 Å². The quantitative estimate of drug-likeness (QED) is 0.854. The Balaban J connectivity index is 2.34. The van der Waals surface area contributed by atoms with Crippen molar-refractivity contribution in [3.8, 4) is 0 Å². The second kappa shape index (κ2) is 5.03. The lowest BCUT2D eigenvalue weighted by atomic mass is 10.0. The van der Waals surface area contributed by atoms with Gasteiger partial charge < -0.3 is 5.73 Å². The number of nitrogens with two attached hydrogens (primary N) is 1. The standard InChI is InChI=1S/C12H9BrF3NS/c13-10-5-4-9(18-10)11(17)7-2-1-3-8(6-7)12(14,15)16/h1-6,11H,17H2. The molecule has 1 aromatic heterocycles. The molecular formula is C12H9BrF3NS. The van der Waals surface area contributed by atoms with Gasteiger partial charge in [0.25, 0.3) is 0 Å². The van der Waals surface area contributed by atoms with Crippen molar-refractivity contribution in [2.24, 2.45) is 5.73 Å². The first kappa shape index (κ1) is 13.6. The van der Waals surface area contributed by atoms with E-state index in [0.717, 1.165) is 20.8 Å². The van der Waals surface area contributed by atoms with Crippen LogP contribution >= 0.6 is 27.3 Å². The van der Waals surface area contributed by atoms with Crippen molar-refractivity contribution in [1.29, 1.82) is 0 Å². The van der Waals surface area contributed by atoms with Crippen LogP contribution in [0.4, 0.5) is 13.2 Å². The number of benzene rings is 1. The van der Waals surface area contributed by atoms with E-state index in [9.17, 15) is 13.2 Å². The Morgan fingerprint density at radius 1 is 1.17 bits per heavy atom. The van der Waals surface area contributed by atoms with Crippen molar-refractivity contribution < 1.29 is 13.2 Å². The van der Waals surface area contributed by atoms with Crippen molar-refractivity contribution in [3.05, 3.63) is 56.2 Å². The third-order valence-corrected chi connectivity index (χ3v) is 4.18. The highest BCUT2D eigenvalue weighted by atomic mass is 79.9. The van der Waals surface area contributed by atoms with Crippen LogP contribution in [-0.4, -0.2) is 0 Å². The Morgan fingerprint density at radius 2 is 1.89 bits per heavy atom. The van der Waals surface area contributed by atoms with Gasteiger partial charge in [-0.1, -0.05) is 12.1 Å². The average Bonchev–Trinajstić information content (AvgIpc) is 2.74. The van der Waals surface area contributed by atoms with Crippen LogP contribution < -0.4 is 5.73 Å². The van der Waals surface area contributed by atoms with E-state index in [0.29, 0.717) is 5.56 Å². The van der Waals surface area contributed by atoms with Crippen molar-refractivity contribution >= 4 is 27.3 Å². The van der Waals surface area contributed by atoms with E-state index in [1.807, 2.05) is 6.07 Å². The van der Waals surface area contributed by atoms with Crippen LogP contribution in [0.1, 0.15) is 22.0 Å². The Morgan fingerprint density at radius 3 is 2.44 bits per heavy atom. The SMILES string of the molecule is NC(c1cccc(C(F)(F)F)c1)c1ccc(Br)s1. The molecule has 0 aliphatic heterocycles. The molecular weight excluding hydrogens is 327 g/mol. The van der Waals surface area contributed by atoms with Gasteiger partial charge in [-0.3, -0.25) is 0 Å². The third kappa shape index (κ3) is 2.93. The number of hydrogen-bond donors (Lipinski definition) is 1. The van der Waals surface area contributed by atoms with Gasteiger partial charge in [-0.15, -0.1) is 11.3 Å². The highest BCUT2D eigenvalue weighted by Gasteiger charge is 2.30. The van der Waals surface area contributed by atoms with Crippen LogP contribution in [0.3, 0.4) is 0 Å². The van der Waals surface area contributed by atoms with E-state index in [4.69, 9.17) is 5.73 Å². The summed E-state index contributed by atoms with van der Waals surface area (Å²) in [6.45, 7) is 0. The van der Waals surface area contributed by atoms with E-state index < -0.39 is 17.8 Å². The summed E-state index contributed by atoms with van der Waals surface area (Å²) < 4.78 is 38.7. The van der Waals surface area contributed by atoms with E-state index in [-0.39, 0.29) is 0 Å². The minimum Gasteiger partial charge on any atom is -0.320 e. The maximum atomic E-state index is 12.6. The Hall–Kier alpha value is -0.850. The summed E-state index contributed by atoms with van der Waals surface area (Å²) in [6, 6.07) is 8.21. The Bertz CT molecular complexity index is 550. The molecule has 1 unspecified atom stereocenters. The van der Waals surface area contributed by atoms with Crippen LogP contribution in [0.2, 0.25) is 0 Å². The average molecular weight is 336 g/mol. The monoisotopic (exact) mass is 335 g/mol. The third-order valence-electron chi connectivity index (χ3n) is 2.47. The maximum absolute atomic E-state index is 12.6. The van der Waals surface area contributed by atoms with Crippen LogP contribution in [-0.2, 0) is 6.18 Å². The topological polar surface area (TPSA) is 26.0 Å². The first-order valence-electron chi connectivity index (χ1n) is 5.06. The van der Waals surface area contributed by atoms with E-state index >= 15 is 0 Å². The molecule has 0 aliphatic carbocycles. The predicted octanol–water partition coefficient (Wildman–Crippen LogP) is 4.58. The van der Waals surface area contributed by atoms with Gasteiger partial charge in [0.1, 0.15) is 0 Å². The summed E-state index contributed by atoms with van der Waals surface area (Å²) in [5, 5.41) is 0. The van der Waals surface area contributed by atoms with Gasteiger partial charge in [0, 0.05) is 4.88 Å². The molecule has 1 atom stereocenters. The zero-order chi connectivity index (χ0) is 13.3. The summed E-state index contributed by atoms with van der Waals surface area (Å²) >= 11 is 4.72. The molecule has 1 aromatic carbocycles. The zero-order valence-electron chi connectivity index (χ0n) is 9.04. The molecule has 96 valence electrons. The molecule has 2 rings (SSSR count). The molecule has 0 spiro atoms. The zero-order valence-corrected chi connectivity index (χ0v) is 11.4. The van der Waals surface area contributed by atoms with Gasteiger partial charge in [0.05, 0.1) is 15.4 Å². The molecule has 0 fully saturated rings. The van der Waals surface area contributed by atoms with Crippen LogP contribution in [0.5, 0.6) is 0 Å². The molecule has 1 nitrogen and oxygen atoms in total. The summed E-state index contributed by atoms with van der Waals surface area (Å²) in [6.07, 6.45) is -4.34. The number of halogens is 4. The predicted molar refractivity (Wildman–Crippen MR) is 69.5 cm³/mol. The van der Waals surface area contributed by atoms with Crippen molar-refractivity contribution in [1.82, 2.24) is 0 Å². The first-order valence-corrected chi connectivity index (χ1v) is 6.67. The number of hydrogen-bond acceptors (Lipinski definition) is 2. The van der Waals surface area contributed by atoms with Gasteiger partial charge >= 0.3 is 6.18 Å². The van der Waals surface area contributed by atoms with E-state index in [2.05, 4.69) is 15.9 Å². The molecule has 0 bridgehead atoms. The molecule has 6 heteroatoms. The number of rotatable bonds is 2. The van der Waals surface area contributed by atoms with Crippen molar-refractivity contribution in [2.45, 2.75) is 12.2 Å². The molecule has 0 radical (unpaired) electrons. The molecule has 0 saturated heterocycles. The smallest absolute Gasteiger partial charge is 0.320 e. The van der Waals surface area contributed by atoms with E-state index in [1.54, 1.807) is 12.1 Å². The summed E-state index contributed by atoms with van der Waals surface area (Å²) in [4.78, 5) is 0.821. The molecule has 0 saturated carbocycles. The van der Waals surface area contributed by atoms with Gasteiger partial charge in [-0.05, 0) is 45.8 Å². The highest BCUT2D eigenvalue weighted by molar-refractivity contribution is 9.11. The Kier molecular flexibility index (Phi) is 3.79. The van der Waals surface area contributed by atoms with Gasteiger partial charge in [0.2, 0.25) is 0 Å². The second-order valence-electron chi connectivity index (χ2n) is 3.74. The van der Waals surface area contributed by atoms with Crippen LogP contribution in [0, 0.1) is 0 Å².